The summed E-state index contributed by atoms with van der Waals surface area (Å²) in [6, 6.07) is 68.7. The molecule has 1 N–H and O–H groups in total. The van der Waals surface area contributed by atoms with E-state index >= 15 is 0 Å². The number of nitrogens with zero attached hydrogens (tertiary/aromatic N) is 3. The number of fused-ring (bicyclic) bond motifs is 8. The first-order valence-corrected chi connectivity index (χ1v) is 19.7. The topological polar surface area (TPSA) is 54.8 Å². The van der Waals surface area contributed by atoms with Gasteiger partial charge in [0.2, 0.25) is 0 Å². The van der Waals surface area contributed by atoms with E-state index in [1.54, 1.807) is 0 Å². The second kappa shape index (κ2) is 12.9. The molecule has 0 aliphatic carbocycles. The van der Waals surface area contributed by atoms with E-state index in [2.05, 4.69) is 204 Å². The van der Waals surface area contributed by atoms with Crippen LogP contribution >= 0.6 is 0 Å². The Morgan fingerprint density at radius 1 is 0.448 bits per heavy atom. The van der Waals surface area contributed by atoms with Crippen LogP contribution in [-0.2, 0) is 0 Å². The first-order chi connectivity index (χ1) is 28.7. The van der Waals surface area contributed by atoms with Crippen molar-refractivity contribution in [1.29, 1.82) is 0 Å². The second-order valence-corrected chi connectivity index (χ2v) is 15.0. The molecule has 0 saturated carbocycles. The first kappa shape index (κ1) is 32.5. The van der Waals surface area contributed by atoms with Crippen LogP contribution in [0.1, 0.15) is 22.9 Å². The lowest BCUT2D eigenvalue weighted by Gasteiger charge is -2.24. The smallest absolute Gasteiger partial charge is 0.159 e. The molecule has 58 heavy (non-hydrogen) atoms. The molecule has 272 valence electrons. The fourth-order valence-electron chi connectivity index (χ4n) is 8.75. The van der Waals surface area contributed by atoms with Crippen molar-refractivity contribution in [3.63, 3.8) is 0 Å². The first-order valence-electron chi connectivity index (χ1n) is 19.7. The number of hydrogen-bond acceptors (Lipinski definition) is 4. The lowest BCUT2D eigenvalue weighted by atomic mass is 10.0. The number of aromatic nitrogens is 1. The molecule has 2 aromatic heterocycles. The Hall–Kier alpha value is -7.76. The van der Waals surface area contributed by atoms with Gasteiger partial charge in [0.25, 0.3) is 0 Å². The molecular formula is C53H34N4O. The van der Waals surface area contributed by atoms with Crippen LogP contribution in [0, 0.1) is 0 Å². The van der Waals surface area contributed by atoms with Crippen LogP contribution in [-0.4, -0.2) is 16.2 Å². The quantitative estimate of drug-likeness (QED) is 0.191. The summed E-state index contributed by atoms with van der Waals surface area (Å²) < 4.78 is 9.26. The van der Waals surface area contributed by atoms with E-state index < -0.39 is 0 Å². The molecule has 1 unspecified atom stereocenters. The van der Waals surface area contributed by atoms with Gasteiger partial charge >= 0.3 is 0 Å². The van der Waals surface area contributed by atoms with Gasteiger partial charge in [0.1, 0.15) is 17.6 Å². The van der Waals surface area contributed by atoms with Gasteiger partial charge in [-0.1, -0.05) is 146 Å². The highest BCUT2D eigenvalue weighted by Gasteiger charge is 2.23. The van der Waals surface area contributed by atoms with E-state index in [4.69, 9.17) is 14.4 Å². The molecule has 3 heterocycles. The maximum atomic E-state index is 6.92. The molecule has 5 heteroatoms. The molecule has 5 nitrogen and oxygen atoms in total. The van der Waals surface area contributed by atoms with Crippen LogP contribution in [0.4, 0.5) is 0 Å². The second-order valence-electron chi connectivity index (χ2n) is 15.0. The molecule has 1 atom stereocenters. The highest BCUT2D eigenvalue weighted by Crippen LogP contribution is 2.39. The van der Waals surface area contributed by atoms with Crippen LogP contribution in [0.2, 0.25) is 0 Å². The van der Waals surface area contributed by atoms with Crippen molar-refractivity contribution in [1.82, 2.24) is 9.88 Å². The molecule has 0 bridgehead atoms. The maximum Gasteiger partial charge on any atom is 0.159 e. The monoisotopic (exact) mass is 742 g/mol. The largest absolute Gasteiger partial charge is 0.454 e. The summed E-state index contributed by atoms with van der Waals surface area (Å²) in [6.45, 7) is 0. The van der Waals surface area contributed by atoms with E-state index in [0.29, 0.717) is 5.84 Å². The third kappa shape index (κ3) is 5.25. The van der Waals surface area contributed by atoms with Crippen LogP contribution < -0.4 is 5.32 Å². The van der Waals surface area contributed by atoms with Crippen molar-refractivity contribution in [2.45, 2.75) is 6.17 Å². The van der Waals surface area contributed by atoms with Gasteiger partial charge in [-0.2, -0.15) is 0 Å². The summed E-state index contributed by atoms with van der Waals surface area (Å²) in [5, 5.41) is 12.9. The van der Waals surface area contributed by atoms with E-state index in [-0.39, 0.29) is 6.17 Å². The Bertz CT molecular complexity index is 3500. The molecule has 12 rings (SSSR count). The van der Waals surface area contributed by atoms with Crippen LogP contribution in [0.25, 0.3) is 82.1 Å². The molecule has 0 amide bonds. The average molecular weight is 743 g/mol. The highest BCUT2D eigenvalue weighted by molar-refractivity contribution is 6.17. The fraction of sp³-hybridized carbons (Fsp3) is 0.0189. The minimum Gasteiger partial charge on any atom is -0.454 e. The molecule has 1 aliphatic heterocycles. The number of para-hydroxylation sites is 2. The van der Waals surface area contributed by atoms with Gasteiger partial charge in [0.05, 0.1) is 16.7 Å². The lowest BCUT2D eigenvalue weighted by molar-refractivity contribution is 0.664. The number of aliphatic imine (C=N–C) groups is 2. The molecule has 0 radical (unpaired) electrons. The van der Waals surface area contributed by atoms with Crippen molar-refractivity contribution in [3.8, 4) is 16.8 Å². The van der Waals surface area contributed by atoms with Gasteiger partial charge in [-0.25, -0.2) is 9.98 Å². The predicted molar refractivity (Wildman–Crippen MR) is 240 cm³/mol. The fourth-order valence-corrected chi connectivity index (χ4v) is 8.75. The molecular weight excluding hydrogens is 709 g/mol. The molecule has 11 aromatic rings. The number of nitrogens with one attached hydrogen (secondary N) is 1. The SMILES string of the molecule is c1ccc(-c2ccc3c(c2)c2ccccc2n3-c2cccc3c2oc2cc(C4=NC(c5ccc6ccccc6c5)=NC(c5ccc6ccccc6c5)N4)ccc23)cc1. The lowest BCUT2D eigenvalue weighted by Crippen LogP contribution is -2.33. The van der Waals surface area contributed by atoms with E-state index in [0.717, 1.165) is 66.6 Å². The van der Waals surface area contributed by atoms with Crippen molar-refractivity contribution < 1.29 is 4.42 Å². The Labute approximate surface area is 333 Å². The van der Waals surface area contributed by atoms with Gasteiger partial charge in [-0.05, 0) is 86.8 Å². The third-order valence-electron chi connectivity index (χ3n) is 11.6. The van der Waals surface area contributed by atoms with Crippen molar-refractivity contribution in [2.75, 3.05) is 0 Å². The summed E-state index contributed by atoms with van der Waals surface area (Å²) in [6.07, 6.45) is -0.339. The number of amidine groups is 2. The average Bonchev–Trinajstić information content (AvgIpc) is 3.84. The van der Waals surface area contributed by atoms with Crippen LogP contribution in [0.15, 0.2) is 209 Å². The Morgan fingerprint density at radius 2 is 1.14 bits per heavy atom. The van der Waals surface area contributed by atoms with Crippen LogP contribution in [0.5, 0.6) is 0 Å². The summed E-state index contributed by atoms with van der Waals surface area (Å²) in [7, 11) is 0. The minimum atomic E-state index is -0.339. The van der Waals surface area contributed by atoms with Crippen molar-refractivity contribution >= 4 is 77.0 Å². The van der Waals surface area contributed by atoms with Gasteiger partial charge in [0, 0.05) is 32.7 Å². The number of furan rings is 1. The van der Waals surface area contributed by atoms with Crippen LogP contribution in [0.3, 0.4) is 0 Å². The summed E-state index contributed by atoms with van der Waals surface area (Å²) in [4.78, 5) is 10.4. The predicted octanol–water partition coefficient (Wildman–Crippen LogP) is 13.2. The molecule has 0 saturated heterocycles. The van der Waals surface area contributed by atoms with E-state index in [9.17, 15) is 0 Å². The standard InChI is InChI=1S/C53H34N4O/c1-2-11-33(12-3-1)38-26-28-47-45(31-38)42-17-8-9-19-46(42)57(47)48-20-10-18-44-43-27-25-41(32-49(43)58-50(44)48)53-55-51(39-23-21-34-13-4-6-15-36(34)29-39)54-52(56-53)40-24-22-35-14-5-7-16-37(35)30-40/h1-32,51H,(H,54,55,56). The summed E-state index contributed by atoms with van der Waals surface area (Å²) >= 11 is 0. The summed E-state index contributed by atoms with van der Waals surface area (Å²) in [5.41, 5.74) is 10.3. The van der Waals surface area contributed by atoms with E-state index in [1.165, 1.54) is 38.1 Å². The molecule has 0 fully saturated rings. The minimum absolute atomic E-state index is 0.339. The zero-order valence-electron chi connectivity index (χ0n) is 31.3. The van der Waals surface area contributed by atoms with E-state index in [1.807, 2.05) is 0 Å². The Kier molecular flexibility index (Phi) is 7.23. The van der Waals surface area contributed by atoms with Crippen molar-refractivity contribution in [2.24, 2.45) is 9.98 Å². The molecule has 0 spiro atoms. The number of benzene rings is 9. The van der Waals surface area contributed by atoms with Crippen molar-refractivity contribution in [3.05, 3.63) is 211 Å². The number of hydrogen-bond donors (Lipinski definition) is 1. The molecule has 9 aromatic carbocycles. The summed E-state index contributed by atoms with van der Waals surface area (Å²) in [5.74, 6) is 1.43. The zero-order chi connectivity index (χ0) is 38.2. The molecule has 1 aliphatic rings. The van der Waals surface area contributed by atoms with Gasteiger partial charge < -0.3 is 14.3 Å². The zero-order valence-corrected chi connectivity index (χ0v) is 31.3. The Morgan fingerprint density at radius 3 is 2.00 bits per heavy atom. The highest BCUT2D eigenvalue weighted by atomic mass is 16.3. The number of rotatable bonds is 5. The van der Waals surface area contributed by atoms with Gasteiger partial charge in [-0.3, -0.25) is 0 Å². The van der Waals surface area contributed by atoms with Gasteiger partial charge in [0.15, 0.2) is 11.4 Å². The van der Waals surface area contributed by atoms with Gasteiger partial charge in [-0.15, -0.1) is 0 Å². The maximum absolute atomic E-state index is 6.92. The Balaban J connectivity index is 0.995. The normalized spacial score (nSPS) is 14.4. The third-order valence-corrected chi connectivity index (χ3v) is 11.6.